The van der Waals surface area contributed by atoms with Crippen LogP contribution in [0.3, 0.4) is 0 Å². The van der Waals surface area contributed by atoms with Gasteiger partial charge in [0.25, 0.3) is 0 Å². The fourth-order valence-corrected chi connectivity index (χ4v) is 2.17. The van der Waals surface area contributed by atoms with Crippen LogP contribution in [0.15, 0.2) is 24.3 Å². The van der Waals surface area contributed by atoms with E-state index >= 15 is 0 Å². The van der Waals surface area contributed by atoms with E-state index in [-0.39, 0.29) is 18.5 Å². The molecule has 1 aromatic carbocycles. The Morgan fingerprint density at radius 3 is 2.55 bits per heavy atom. The maximum Gasteiger partial charge on any atom is 0.237 e. The van der Waals surface area contributed by atoms with Crippen molar-refractivity contribution in [1.29, 1.82) is 5.26 Å². The van der Waals surface area contributed by atoms with Crippen molar-refractivity contribution in [3.63, 3.8) is 0 Å². The lowest BCUT2D eigenvalue weighted by Gasteiger charge is -2.33. The summed E-state index contributed by atoms with van der Waals surface area (Å²) >= 11 is 6.01. The van der Waals surface area contributed by atoms with Crippen molar-refractivity contribution in [1.82, 2.24) is 9.80 Å². The average molecular weight is 322 g/mol. The molecule has 0 bridgehead atoms. The van der Waals surface area contributed by atoms with Gasteiger partial charge in [-0.3, -0.25) is 9.69 Å². The van der Waals surface area contributed by atoms with E-state index in [1.165, 1.54) is 4.90 Å². The normalized spacial score (nSPS) is 11.6. The number of nitriles is 1. The molecule has 0 heterocycles. The van der Waals surface area contributed by atoms with Gasteiger partial charge in [0, 0.05) is 24.7 Å². The molecule has 1 rings (SSSR count). The molecule has 0 aliphatic heterocycles. The minimum atomic E-state index is -0.810. The van der Waals surface area contributed by atoms with E-state index in [0.29, 0.717) is 11.6 Å². The van der Waals surface area contributed by atoms with Crippen LogP contribution in [-0.2, 0) is 11.3 Å². The van der Waals surface area contributed by atoms with Gasteiger partial charge in [0.2, 0.25) is 5.91 Å². The standard InChI is InChI=1S/C17H24ClN3O/c1-13(2)21(10-14-7-6-8-15(18)9-14)11-16(22)20(5)17(3,4)12-19/h6-9,13H,10-11H2,1-5H3. The number of hydrogen-bond acceptors (Lipinski definition) is 3. The largest absolute Gasteiger partial charge is 0.326 e. The van der Waals surface area contributed by atoms with E-state index < -0.39 is 5.54 Å². The van der Waals surface area contributed by atoms with Crippen LogP contribution in [0.25, 0.3) is 0 Å². The number of halogens is 1. The third-order valence-corrected chi connectivity index (χ3v) is 4.06. The number of benzene rings is 1. The van der Waals surface area contributed by atoms with E-state index in [1.807, 2.05) is 38.1 Å². The maximum atomic E-state index is 12.4. The van der Waals surface area contributed by atoms with Crippen LogP contribution in [0, 0.1) is 11.3 Å². The summed E-state index contributed by atoms with van der Waals surface area (Å²) in [6.07, 6.45) is 0. The van der Waals surface area contributed by atoms with Crippen molar-refractivity contribution in [3.05, 3.63) is 34.9 Å². The number of amides is 1. The molecule has 4 nitrogen and oxygen atoms in total. The summed E-state index contributed by atoms with van der Waals surface area (Å²) in [6, 6.07) is 10.0. The quantitative estimate of drug-likeness (QED) is 0.807. The Hall–Kier alpha value is -1.57. The Bertz CT molecular complexity index is 563. The number of nitrogens with zero attached hydrogens (tertiary/aromatic N) is 3. The highest BCUT2D eigenvalue weighted by Crippen LogP contribution is 2.16. The molecule has 0 spiro atoms. The van der Waals surface area contributed by atoms with Crippen LogP contribution >= 0.6 is 11.6 Å². The van der Waals surface area contributed by atoms with Gasteiger partial charge in [-0.25, -0.2) is 0 Å². The Kier molecular flexibility index (Phi) is 6.40. The molecule has 0 aromatic heterocycles. The molecule has 0 N–H and O–H groups in total. The molecule has 22 heavy (non-hydrogen) atoms. The molecule has 0 saturated heterocycles. The Balaban J connectivity index is 2.81. The second-order valence-electron chi connectivity index (χ2n) is 6.25. The first kappa shape index (κ1) is 18.5. The van der Waals surface area contributed by atoms with Crippen molar-refractivity contribution in [3.8, 4) is 6.07 Å². The summed E-state index contributed by atoms with van der Waals surface area (Å²) in [5.41, 5.74) is 0.256. The Labute approximate surface area is 138 Å². The van der Waals surface area contributed by atoms with Gasteiger partial charge >= 0.3 is 0 Å². The van der Waals surface area contributed by atoms with Crippen LogP contribution in [0.1, 0.15) is 33.3 Å². The van der Waals surface area contributed by atoms with Crippen LogP contribution < -0.4 is 0 Å². The first-order valence-electron chi connectivity index (χ1n) is 7.33. The molecule has 0 aliphatic carbocycles. The van der Waals surface area contributed by atoms with Crippen molar-refractivity contribution in [2.75, 3.05) is 13.6 Å². The molecule has 1 aromatic rings. The first-order chi connectivity index (χ1) is 10.2. The smallest absolute Gasteiger partial charge is 0.237 e. The molecule has 0 fully saturated rings. The second kappa shape index (κ2) is 7.62. The summed E-state index contributed by atoms with van der Waals surface area (Å²) < 4.78 is 0. The van der Waals surface area contributed by atoms with Crippen molar-refractivity contribution < 1.29 is 4.79 Å². The zero-order chi connectivity index (χ0) is 16.9. The molecule has 0 aliphatic rings. The highest BCUT2D eigenvalue weighted by molar-refractivity contribution is 6.30. The van der Waals surface area contributed by atoms with Crippen molar-refractivity contribution in [2.45, 2.75) is 45.8 Å². The second-order valence-corrected chi connectivity index (χ2v) is 6.69. The monoisotopic (exact) mass is 321 g/mol. The summed E-state index contributed by atoms with van der Waals surface area (Å²) in [6.45, 7) is 8.49. The van der Waals surface area contributed by atoms with Crippen LogP contribution in [0.5, 0.6) is 0 Å². The predicted octanol–water partition coefficient (Wildman–Crippen LogP) is 3.31. The van der Waals surface area contributed by atoms with Gasteiger partial charge in [0.15, 0.2) is 0 Å². The Morgan fingerprint density at radius 1 is 1.41 bits per heavy atom. The summed E-state index contributed by atoms with van der Waals surface area (Å²) in [5.74, 6) is -0.0673. The molecular weight excluding hydrogens is 298 g/mol. The highest BCUT2D eigenvalue weighted by atomic mass is 35.5. The first-order valence-corrected chi connectivity index (χ1v) is 7.71. The number of likely N-dealkylation sites (N-methyl/N-ethyl adjacent to an activating group) is 1. The number of rotatable bonds is 6. The third-order valence-electron chi connectivity index (χ3n) is 3.83. The minimum Gasteiger partial charge on any atom is -0.326 e. The van der Waals surface area contributed by atoms with E-state index in [9.17, 15) is 4.79 Å². The summed E-state index contributed by atoms with van der Waals surface area (Å²) in [5, 5.41) is 9.84. The van der Waals surface area contributed by atoms with E-state index in [0.717, 1.165) is 5.56 Å². The molecule has 0 saturated carbocycles. The topological polar surface area (TPSA) is 47.3 Å². The fraction of sp³-hybridized carbons (Fsp3) is 0.529. The number of carbonyl (C=O) groups is 1. The van der Waals surface area contributed by atoms with E-state index in [4.69, 9.17) is 16.9 Å². The van der Waals surface area contributed by atoms with E-state index in [1.54, 1.807) is 20.9 Å². The molecule has 5 heteroatoms. The van der Waals surface area contributed by atoms with Crippen LogP contribution in [-0.4, -0.2) is 40.9 Å². The fourth-order valence-electron chi connectivity index (χ4n) is 1.96. The van der Waals surface area contributed by atoms with Gasteiger partial charge in [-0.15, -0.1) is 0 Å². The number of hydrogen-bond donors (Lipinski definition) is 0. The molecule has 1 amide bonds. The van der Waals surface area contributed by atoms with Gasteiger partial charge in [-0.05, 0) is 45.4 Å². The van der Waals surface area contributed by atoms with Crippen molar-refractivity contribution >= 4 is 17.5 Å². The van der Waals surface area contributed by atoms with Gasteiger partial charge in [0.1, 0.15) is 5.54 Å². The van der Waals surface area contributed by atoms with E-state index in [2.05, 4.69) is 11.0 Å². The highest BCUT2D eigenvalue weighted by Gasteiger charge is 2.28. The third kappa shape index (κ3) is 5.01. The lowest BCUT2D eigenvalue weighted by molar-refractivity contribution is -0.134. The molecule has 0 unspecified atom stereocenters. The summed E-state index contributed by atoms with van der Waals surface area (Å²) in [4.78, 5) is 16.0. The molecule has 0 atom stereocenters. The van der Waals surface area contributed by atoms with Gasteiger partial charge in [-0.1, -0.05) is 23.7 Å². The zero-order valence-electron chi connectivity index (χ0n) is 13.9. The molecular formula is C17H24ClN3O. The van der Waals surface area contributed by atoms with Crippen LogP contribution in [0.4, 0.5) is 0 Å². The minimum absolute atomic E-state index is 0.0673. The lowest BCUT2D eigenvalue weighted by atomic mass is 10.1. The molecule has 0 radical (unpaired) electrons. The summed E-state index contributed by atoms with van der Waals surface area (Å²) in [7, 11) is 1.67. The predicted molar refractivity (Wildman–Crippen MR) is 89.5 cm³/mol. The number of carbonyl (C=O) groups excluding carboxylic acids is 1. The lowest BCUT2D eigenvalue weighted by Crippen LogP contribution is -2.49. The van der Waals surface area contributed by atoms with Crippen molar-refractivity contribution in [2.24, 2.45) is 0 Å². The Morgan fingerprint density at radius 2 is 2.05 bits per heavy atom. The maximum absolute atomic E-state index is 12.4. The van der Waals surface area contributed by atoms with Gasteiger partial charge < -0.3 is 4.90 Å². The van der Waals surface area contributed by atoms with Gasteiger partial charge in [0.05, 0.1) is 12.6 Å². The van der Waals surface area contributed by atoms with Crippen LogP contribution in [0.2, 0.25) is 5.02 Å². The zero-order valence-corrected chi connectivity index (χ0v) is 14.7. The molecule has 120 valence electrons. The van der Waals surface area contributed by atoms with Gasteiger partial charge in [-0.2, -0.15) is 5.26 Å². The SMILES string of the molecule is CC(C)N(CC(=O)N(C)C(C)(C)C#N)Cc1cccc(Cl)c1. The average Bonchev–Trinajstić information content (AvgIpc) is 2.45.